The van der Waals surface area contributed by atoms with Gasteiger partial charge in [-0.2, -0.15) is 0 Å². The zero-order chi connectivity index (χ0) is 20.9. The van der Waals surface area contributed by atoms with E-state index in [4.69, 9.17) is 9.57 Å². The number of fused-ring (bicyclic) bond motifs is 4. The molecule has 0 aromatic heterocycles. The number of carbonyl (C=O) groups excluding carboxylic acids is 3. The summed E-state index contributed by atoms with van der Waals surface area (Å²) in [4.78, 5) is 46.0. The van der Waals surface area contributed by atoms with Gasteiger partial charge in [-0.1, -0.05) is 0 Å². The lowest BCUT2D eigenvalue weighted by Gasteiger charge is -2.39. The smallest absolute Gasteiger partial charge is 0.410 e. The fourth-order valence-electron chi connectivity index (χ4n) is 4.97. The minimum atomic E-state index is -0.630. The van der Waals surface area contributed by atoms with Crippen LogP contribution in [0.5, 0.6) is 0 Å². The molecule has 4 rings (SSSR count). The molecule has 0 aliphatic carbocycles. The molecule has 4 atom stereocenters. The fourth-order valence-corrected chi connectivity index (χ4v) is 4.97. The van der Waals surface area contributed by atoms with Crippen molar-refractivity contribution in [3.05, 3.63) is 0 Å². The second-order valence-corrected chi connectivity index (χ2v) is 9.48. The van der Waals surface area contributed by atoms with Gasteiger partial charge < -0.3 is 14.5 Å². The SMILES string of the molecule is CC(C)(C)OC(=O)N1C2CCC1CC(ONC(=O)[C@@H]1CC[C@@H]3CN1C(=O)N3O)C2. The molecule has 4 heterocycles. The number of hydrogen-bond donors (Lipinski definition) is 2. The first kappa shape index (κ1) is 20.2. The zero-order valence-electron chi connectivity index (χ0n) is 17.2. The highest BCUT2D eigenvalue weighted by Crippen LogP contribution is 2.37. The maximum absolute atomic E-state index is 12.6. The summed E-state index contributed by atoms with van der Waals surface area (Å²) in [5, 5.41) is 10.5. The molecule has 0 radical (unpaired) electrons. The summed E-state index contributed by atoms with van der Waals surface area (Å²) < 4.78 is 5.53. The van der Waals surface area contributed by atoms with Crippen LogP contribution < -0.4 is 5.48 Å². The van der Waals surface area contributed by atoms with Gasteiger partial charge in [0.25, 0.3) is 5.91 Å². The van der Waals surface area contributed by atoms with E-state index in [1.165, 1.54) is 4.90 Å². The molecule has 4 amide bonds. The van der Waals surface area contributed by atoms with E-state index in [1.54, 1.807) is 0 Å². The second-order valence-electron chi connectivity index (χ2n) is 9.48. The Balaban J connectivity index is 1.29. The van der Waals surface area contributed by atoms with Gasteiger partial charge in [0, 0.05) is 18.6 Å². The van der Waals surface area contributed by atoms with Crippen LogP contribution in [-0.2, 0) is 14.4 Å². The molecular weight excluding hydrogens is 380 g/mol. The largest absolute Gasteiger partial charge is 0.444 e. The number of nitrogens with zero attached hydrogens (tertiary/aromatic N) is 3. The van der Waals surface area contributed by atoms with E-state index in [1.807, 2.05) is 25.7 Å². The van der Waals surface area contributed by atoms with Crippen LogP contribution in [0.15, 0.2) is 0 Å². The van der Waals surface area contributed by atoms with Crippen molar-refractivity contribution in [3.63, 3.8) is 0 Å². The highest BCUT2D eigenvalue weighted by atomic mass is 16.7. The molecule has 2 N–H and O–H groups in total. The Morgan fingerprint density at radius 2 is 1.69 bits per heavy atom. The molecule has 4 fully saturated rings. The van der Waals surface area contributed by atoms with Crippen LogP contribution in [-0.4, -0.2) is 80.5 Å². The van der Waals surface area contributed by atoms with Gasteiger partial charge in [0.2, 0.25) is 0 Å². The number of piperidine rings is 2. The van der Waals surface area contributed by atoms with Gasteiger partial charge in [-0.3, -0.25) is 14.8 Å². The Hall–Kier alpha value is -2.07. The summed E-state index contributed by atoms with van der Waals surface area (Å²) in [6.45, 7) is 5.91. The number of amides is 4. The van der Waals surface area contributed by atoms with Gasteiger partial charge in [0.15, 0.2) is 0 Å². The first-order valence-electron chi connectivity index (χ1n) is 10.4. The van der Waals surface area contributed by atoms with E-state index in [9.17, 15) is 19.6 Å². The molecule has 162 valence electrons. The molecule has 4 saturated heterocycles. The molecule has 0 aromatic rings. The minimum absolute atomic E-state index is 0.0454. The number of nitrogens with one attached hydrogen (secondary N) is 1. The molecule has 29 heavy (non-hydrogen) atoms. The molecule has 0 saturated carbocycles. The van der Waals surface area contributed by atoms with Crippen LogP contribution >= 0.6 is 0 Å². The van der Waals surface area contributed by atoms with E-state index in [2.05, 4.69) is 5.48 Å². The highest BCUT2D eigenvalue weighted by molar-refractivity contribution is 5.87. The Bertz CT molecular complexity index is 681. The van der Waals surface area contributed by atoms with Gasteiger partial charge >= 0.3 is 12.1 Å². The third kappa shape index (κ3) is 3.87. The maximum atomic E-state index is 12.6. The highest BCUT2D eigenvalue weighted by Gasteiger charge is 2.48. The summed E-state index contributed by atoms with van der Waals surface area (Å²) >= 11 is 0. The van der Waals surface area contributed by atoms with Gasteiger partial charge in [0.05, 0.1) is 12.1 Å². The summed E-state index contributed by atoms with van der Waals surface area (Å²) in [6, 6.07) is -1.31. The summed E-state index contributed by atoms with van der Waals surface area (Å²) in [6.07, 6.45) is 3.67. The molecular formula is C19H30N4O6. The lowest BCUT2D eigenvalue weighted by molar-refractivity contribution is -0.147. The van der Waals surface area contributed by atoms with Crippen molar-refractivity contribution < 1.29 is 29.2 Å². The Morgan fingerprint density at radius 3 is 2.31 bits per heavy atom. The molecule has 4 aliphatic rings. The monoisotopic (exact) mass is 410 g/mol. The predicted molar refractivity (Wildman–Crippen MR) is 99.7 cm³/mol. The Kier molecular flexibility index (Phi) is 5.10. The van der Waals surface area contributed by atoms with Gasteiger partial charge in [-0.15, -0.1) is 0 Å². The van der Waals surface area contributed by atoms with Gasteiger partial charge in [-0.25, -0.2) is 20.1 Å². The molecule has 0 aromatic carbocycles. The van der Waals surface area contributed by atoms with Crippen LogP contribution in [0.1, 0.15) is 59.3 Å². The minimum Gasteiger partial charge on any atom is -0.444 e. The van der Waals surface area contributed by atoms with E-state index in [0.29, 0.717) is 32.2 Å². The van der Waals surface area contributed by atoms with Crippen molar-refractivity contribution in [2.24, 2.45) is 0 Å². The summed E-state index contributed by atoms with van der Waals surface area (Å²) in [5.41, 5.74) is 1.99. The molecule has 4 aliphatic heterocycles. The molecule has 2 unspecified atom stereocenters. The molecule has 4 bridgehead atoms. The second kappa shape index (κ2) is 7.32. The quantitative estimate of drug-likeness (QED) is 0.540. The average Bonchev–Trinajstić information content (AvgIpc) is 3.04. The standard InChI is InChI=1S/C19H30N4O6/c1-19(2,3)28-18(26)22-11-4-5-12(22)9-14(8-11)29-20-16(24)15-7-6-13-10-21(15)17(25)23(13)27/h11-15,27H,4-10H2,1-3H3,(H,20,24)/t11?,12?,13-,14?,15+/m1/s1. The number of urea groups is 1. The third-order valence-corrected chi connectivity index (χ3v) is 6.27. The van der Waals surface area contributed by atoms with E-state index < -0.39 is 17.7 Å². The van der Waals surface area contributed by atoms with Crippen LogP contribution in [0.25, 0.3) is 0 Å². The number of carbonyl (C=O) groups is 3. The van der Waals surface area contributed by atoms with Gasteiger partial charge in [-0.05, 0) is 59.3 Å². The average molecular weight is 410 g/mol. The lowest BCUT2D eigenvalue weighted by atomic mass is 10.00. The van der Waals surface area contributed by atoms with Crippen LogP contribution in [0.2, 0.25) is 0 Å². The van der Waals surface area contributed by atoms with Crippen molar-refractivity contribution in [2.75, 3.05) is 6.54 Å². The number of ether oxygens (including phenoxy) is 1. The van der Waals surface area contributed by atoms with Crippen molar-refractivity contribution in [1.29, 1.82) is 0 Å². The zero-order valence-corrected chi connectivity index (χ0v) is 17.2. The Morgan fingerprint density at radius 1 is 1.07 bits per heavy atom. The third-order valence-electron chi connectivity index (χ3n) is 6.27. The lowest BCUT2D eigenvalue weighted by Crippen LogP contribution is -2.53. The fraction of sp³-hybridized carbons (Fsp3) is 0.842. The topological polar surface area (TPSA) is 112 Å². The van der Waals surface area contributed by atoms with Crippen molar-refractivity contribution in [3.8, 4) is 0 Å². The van der Waals surface area contributed by atoms with E-state index in [-0.39, 0.29) is 36.2 Å². The van der Waals surface area contributed by atoms with Crippen molar-refractivity contribution >= 4 is 18.0 Å². The molecule has 10 heteroatoms. The maximum Gasteiger partial charge on any atom is 0.410 e. The van der Waals surface area contributed by atoms with Crippen molar-refractivity contribution in [1.82, 2.24) is 20.3 Å². The van der Waals surface area contributed by atoms with E-state index in [0.717, 1.165) is 17.9 Å². The number of hydroxylamine groups is 3. The van der Waals surface area contributed by atoms with Gasteiger partial charge in [0.1, 0.15) is 11.6 Å². The molecule has 10 nitrogen and oxygen atoms in total. The number of rotatable bonds is 3. The van der Waals surface area contributed by atoms with Crippen LogP contribution in [0, 0.1) is 0 Å². The Labute approximate surface area is 170 Å². The predicted octanol–water partition coefficient (Wildman–Crippen LogP) is 1.62. The normalized spacial score (nSPS) is 33.9. The molecule has 0 spiro atoms. The first-order chi connectivity index (χ1) is 13.6. The van der Waals surface area contributed by atoms with Crippen molar-refractivity contribution in [2.45, 2.75) is 95.2 Å². The summed E-state index contributed by atoms with van der Waals surface area (Å²) in [5.74, 6) is -0.367. The van der Waals surface area contributed by atoms with E-state index >= 15 is 0 Å². The first-order valence-corrected chi connectivity index (χ1v) is 10.4. The van der Waals surface area contributed by atoms with Crippen LogP contribution in [0.3, 0.4) is 0 Å². The summed E-state index contributed by atoms with van der Waals surface area (Å²) in [7, 11) is 0. The van der Waals surface area contributed by atoms with Crippen LogP contribution in [0.4, 0.5) is 9.59 Å². The number of hydrogen-bond acceptors (Lipinski definition) is 6.